The van der Waals surface area contributed by atoms with E-state index in [1.807, 2.05) is 17.4 Å². The highest BCUT2D eigenvalue weighted by atomic mass is 32.1. The Morgan fingerprint density at radius 3 is 1.78 bits per heavy atom. The first-order valence-corrected chi connectivity index (χ1v) is 15.9. The van der Waals surface area contributed by atoms with E-state index in [4.69, 9.17) is 15.0 Å². The molecule has 7 aromatic carbocycles. The van der Waals surface area contributed by atoms with Crippen LogP contribution in [0.4, 0.5) is 0 Å². The fourth-order valence-electron chi connectivity index (χ4n) is 6.37. The molecule has 0 unspecified atom stereocenters. The van der Waals surface area contributed by atoms with E-state index >= 15 is 0 Å². The van der Waals surface area contributed by atoms with Gasteiger partial charge in [0.2, 0.25) is 0 Å². The molecule has 0 aliphatic heterocycles. The zero-order valence-corrected chi connectivity index (χ0v) is 25.0. The average Bonchev–Trinajstić information content (AvgIpc) is 3.51. The summed E-state index contributed by atoms with van der Waals surface area (Å²) in [5.74, 6) is 1.98. The normalized spacial score (nSPS) is 11.6. The van der Waals surface area contributed by atoms with Crippen molar-refractivity contribution in [2.45, 2.75) is 0 Å². The van der Waals surface area contributed by atoms with Gasteiger partial charge in [-0.1, -0.05) is 140 Å². The van der Waals surface area contributed by atoms with Crippen LogP contribution in [0.15, 0.2) is 152 Å². The van der Waals surface area contributed by atoms with E-state index in [1.54, 1.807) is 0 Å². The summed E-state index contributed by atoms with van der Waals surface area (Å²) in [6.45, 7) is 0. The third kappa shape index (κ3) is 4.38. The largest absolute Gasteiger partial charge is 0.208 e. The third-order valence-electron chi connectivity index (χ3n) is 8.54. The number of benzene rings is 7. The van der Waals surface area contributed by atoms with Gasteiger partial charge < -0.3 is 0 Å². The fourth-order valence-corrected chi connectivity index (χ4v) is 7.60. The second-order valence-electron chi connectivity index (χ2n) is 11.2. The number of rotatable bonds is 4. The van der Waals surface area contributed by atoms with Crippen LogP contribution in [0.25, 0.3) is 87.0 Å². The van der Waals surface area contributed by atoms with Crippen molar-refractivity contribution in [1.29, 1.82) is 0 Å². The Bertz CT molecular complexity index is 2540. The van der Waals surface area contributed by atoms with Crippen molar-refractivity contribution in [3.63, 3.8) is 0 Å². The van der Waals surface area contributed by atoms with E-state index in [-0.39, 0.29) is 0 Å². The molecule has 0 saturated heterocycles. The minimum atomic E-state index is 0.653. The summed E-state index contributed by atoms with van der Waals surface area (Å²) in [6, 6.07) is 53.2. The number of hydrogen-bond donors (Lipinski definition) is 0. The number of hydrogen-bond acceptors (Lipinski definition) is 4. The molecule has 2 heterocycles. The van der Waals surface area contributed by atoms with Gasteiger partial charge in [0.1, 0.15) is 0 Å². The Morgan fingerprint density at radius 2 is 0.911 bits per heavy atom. The lowest BCUT2D eigenvalue weighted by atomic mass is 10.0. The Labute approximate surface area is 264 Å². The standard InChI is InChI=1S/C41H25N3S/c1-2-11-26(12-3-1)28-15-8-16-29(25-28)39-42-40(35-20-9-14-27-13-4-5-17-30(27)35)44-41(43-39)36-21-10-19-33-31(36)23-24-34-32-18-6-7-22-37(32)45-38(33)34/h1-25H. The van der Waals surface area contributed by atoms with Crippen LogP contribution in [0.5, 0.6) is 0 Å². The molecular weight excluding hydrogens is 567 g/mol. The summed E-state index contributed by atoms with van der Waals surface area (Å²) < 4.78 is 2.58. The zero-order valence-electron chi connectivity index (χ0n) is 24.2. The summed E-state index contributed by atoms with van der Waals surface area (Å²) in [6.07, 6.45) is 0. The minimum Gasteiger partial charge on any atom is -0.208 e. The molecule has 0 aliphatic carbocycles. The monoisotopic (exact) mass is 591 g/mol. The maximum Gasteiger partial charge on any atom is 0.164 e. The van der Waals surface area contributed by atoms with Gasteiger partial charge in [0.15, 0.2) is 17.5 Å². The summed E-state index contributed by atoms with van der Waals surface area (Å²) >= 11 is 1.84. The number of thiophene rings is 1. The van der Waals surface area contributed by atoms with E-state index in [0.29, 0.717) is 17.5 Å². The Balaban J connectivity index is 1.30. The zero-order chi connectivity index (χ0) is 29.7. The molecule has 0 N–H and O–H groups in total. The van der Waals surface area contributed by atoms with Crippen LogP contribution < -0.4 is 0 Å². The minimum absolute atomic E-state index is 0.653. The van der Waals surface area contributed by atoms with E-state index < -0.39 is 0 Å². The number of fused-ring (bicyclic) bond motifs is 6. The van der Waals surface area contributed by atoms with Crippen molar-refractivity contribution in [3.8, 4) is 45.3 Å². The summed E-state index contributed by atoms with van der Waals surface area (Å²) in [5.41, 5.74) is 5.22. The van der Waals surface area contributed by atoms with Gasteiger partial charge in [-0.15, -0.1) is 11.3 Å². The van der Waals surface area contributed by atoms with E-state index in [1.165, 1.54) is 25.6 Å². The quantitative estimate of drug-likeness (QED) is 0.204. The molecular formula is C41H25N3S. The molecule has 9 rings (SSSR count). The van der Waals surface area contributed by atoms with Crippen LogP contribution in [0.2, 0.25) is 0 Å². The lowest BCUT2D eigenvalue weighted by Gasteiger charge is -2.12. The van der Waals surface area contributed by atoms with Crippen molar-refractivity contribution >= 4 is 53.1 Å². The van der Waals surface area contributed by atoms with E-state index in [2.05, 4.69) is 146 Å². The topological polar surface area (TPSA) is 38.7 Å². The van der Waals surface area contributed by atoms with Gasteiger partial charge in [-0.25, -0.2) is 15.0 Å². The van der Waals surface area contributed by atoms with Crippen molar-refractivity contribution in [1.82, 2.24) is 15.0 Å². The average molecular weight is 592 g/mol. The maximum atomic E-state index is 5.18. The molecule has 0 radical (unpaired) electrons. The highest BCUT2D eigenvalue weighted by Crippen LogP contribution is 2.41. The molecule has 0 bridgehead atoms. The van der Waals surface area contributed by atoms with Gasteiger partial charge in [0.05, 0.1) is 0 Å². The van der Waals surface area contributed by atoms with Crippen LogP contribution in [0.1, 0.15) is 0 Å². The van der Waals surface area contributed by atoms with Crippen LogP contribution in [0, 0.1) is 0 Å². The first-order chi connectivity index (χ1) is 22.3. The van der Waals surface area contributed by atoms with Gasteiger partial charge >= 0.3 is 0 Å². The van der Waals surface area contributed by atoms with Gasteiger partial charge in [0.25, 0.3) is 0 Å². The summed E-state index contributed by atoms with van der Waals surface area (Å²) in [4.78, 5) is 15.5. The first kappa shape index (κ1) is 25.8. The summed E-state index contributed by atoms with van der Waals surface area (Å²) in [7, 11) is 0. The third-order valence-corrected chi connectivity index (χ3v) is 9.76. The van der Waals surface area contributed by atoms with E-state index in [9.17, 15) is 0 Å². The van der Waals surface area contributed by atoms with E-state index in [0.717, 1.165) is 44.0 Å². The second kappa shape index (κ2) is 10.5. The highest BCUT2D eigenvalue weighted by molar-refractivity contribution is 7.26. The molecule has 4 heteroatoms. The SMILES string of the molecule is c1ccc(-c2cccc(-c3nc(-c4cccc5ccccc45)nc(-c4cccc5c4ccc4c6ccccc6sc54)n3)c2)cc1. The molecule has 210 valence electrons. The smallest absolute Gasteiger partial charge is 0.164 e. The molecule has 45 heavy (non-hydrogen) atoms. The molecule has 0 fully saturated rings. The van der Waals surface area contributed by atoms with Crippen LogP contribution in [-0.4, -0.2) is 15.0 Å². The summed E-state index contributed by atoms with van der Waals surface area (Å²) in [5, 5.41) is 7.20. The fraction of sp³-hybridized carbons (Fsp3) is 0. The second-order valence-corrected chi connectivity index (χ2v) is 12.3. The van der Waals surface area contributed by atoms with Gasteiger partial charge in [0, 0.05) is 42.2 Å². The number of nitrogens with zero attached hydrogens (tertiary/aromatic N) is 3. The molecule has 0 aliphatic rings. The predicted molar refractivity (Wildman–Crippen MR) is 189 cm³/mol. The van der Waals surface area contributed by atoms with Crippen LogP contribution in [-0.2, 0) is 0 Å². The Kier molecular flexibility index (Phi) is 6.00. The molecule has 0 amide bonds. The van der Waals surface area contributed by atoms with Gasteiger partial charge in [-0.05, 0) is 39.4 Å². The highest BCUT2D eigenvalue weighted by Gasteiger charge is 2.17. The van der Waals surface area contributed by atoms with Crippen molar-refractivity contribution < 1.29 is 0 Å². The van der Waals surface area contributed by atoms with Gasteiger partial charge in [-0.3, -0.25) is 0 Å². The first-order valence-electron chi connectivity index (χ1n) is 15.0. The molecule has 3 nitrogen and oxygen atoms in total. The van der Waals surface area contributed by atoms with Crippen LogP contribution >= 0.6 is 11.3 Å². The molecule has 0 saturated carbocycles. The Hall–Kier alpha value is -5.71. The lowest BCUT2D eigenvalue weighted by Crippen LogP contribution is -2.01. The van der Waals surface area contributed by atoms with Crippen molar-refractivity contribution in [2.24, 2.45) is 0 Å². The molecule has 0 spiro atoms. The Morgan fingerprint density at radius 1 is 0.356 bits per heavy atom. The predicted octanol–water partition coefficient (Wildman–Crippen LogP) is 11.2. The lowest BCUT2D eigenvalue weighted by molar-refractivity contribution is 1.08. The molecule has 2 aromatic heterocycles. The van der Waals surface area contributed by atoms with Crippen molar-refractivity contribution in [3.05, 3.63) is 152 Å². The maximum absolute atomic E-state index is 5.18. The van der Waals surface area contributed by atoms with Crippen molar-refractivity contribution in [2.75, 3.05) is 0 Å². The van der Waals surface area contributed by atoms with Crippen LogP contribution in [0.3, 0.4) is 0 Å². The van der Waals surface area contributed by atoms with Gasteiger partial charge in [-0.2, -0.15) is 0 Å². The molecule has 9 aromatic rings. The molecule has 0 atom stereocenters. The number of aromatic nitrogens is 3.